The van der Waals surface area contributed by atoms with E-state index in [1.165, 1.54) is 0 Å². The largest absolute Gasteiger partial charge is 0.505 e. The smallest absolute Gasteiger partial charge is 0.154 e. The Morgan fingerprint density at radius 1 is 1.14 bits per heavy atom. The lowest BCUT2D eigenvalue weighted by Crippen LogP contribution is -2.00. The van der Waals surface area contributed by atoms with Gasteiger partial charge in [0.25, 0.3) is 0 Å². The van der Waals surface area contributed by atoms with Gasteiger partial charge in [0.15, 0.2) is 10.4 Å². The highest BCUT2D eigenvalue weighted by Gasteiger charge is 2.08. The van der Waals surface area contributed by atoms with E-state index in [2.05, 4.69) is 15.4 Å². The minimum absolute atomic E-state index is 0.153. The average molecular weight is 298 g/mol. The Hall–Kier alpha value is -2.47. The number of aromatic hydroxyl groups is 1. The van der Waals surface area contributed by atoms with E-state index in [1.807, 2.05) is 42.6 Å². The quantitative estimate of drug-likeness (QED) is 0.727. The zero-order chi connectivity index (χ0) is 14.7. The first-order chi connectivity index (χ1) is 10.3. The number of hydrogen-bond acceptors (Lipinski definition) is 4. The van der Waals surface area contributed by atoms with Crippen molar-refractivity contribution in [1.82, 2.24) is 20.0 Å². The summed E-state index contributed by atoms with van der Waals surface area (Å²) in [6.45, 7) is 0. The van der Waals surface area contributed by atoms with Gasteiger partial charge in [0.2, 0.25) is 0 Å². The highest BCUT2D eigenvalue weighted by Crippen LogP contribution is 2.22. The van der Waals surface area contributed by atoms with E-state index in [9.17, 15) is 5.11 Å². The molecule has 2 N–H and O–H groups in total. The number of aryl methyl sites for hydroxylation is 2. The summed E-state index contributed by atoms with van der Waals surface area (Å²) in [5.74, 6) is 0.153. The molecule has 0 radical (unpaired) electrons. The van der Waals surface area contributed by atoms with Crippen LogP contribution in [-0.2, 0) is 12.8 Å². The number of pyridine rings is 1. The molecule has 0 saturated carbocycles. The molecule has 0 fully saturated rings. The maximum Gasteiger partial charge on any atom is 0.154 e. The summed E-state index contributed by atoms with van der Waals surface area (Å²) in [5, 5.41) is 20.6. The first kappa shape index (κ1) is 13.5. The van der Waals surface area contributed by atoms with E-state index in [0.717, 1.165) is 16.9 Å². The second kappa shape index (κ2) is 5.88. The fourth-order valence-electron chi connectivity index (χ4n) is 2.16. The van der Waals surface area contributed by atoms with Crippen molar-refractivity contribution < 1.29 is 5.11 Å². The molecule has 2 heterocycles. The van der Waals surface area contributed by atoms with Crippen molar-refractivity contribution in [1.29, 1.82) is 0 Å². The summed E-state index contributed by atoms with van der Waals surface area (Å²) in [7, 11) is 0. The number of nitrogens with one attached hydrogen (secondary N) is 1. The van der Waals surface area contributed by atoms with Crippen LogP contribution in [-0.4, -0.2) is 25.1 Å². The van der Waals surface area contributed by atoms with Crippen LogP contribution in [0.25, 0.3) is 5.69 Å². The summed E-state index contributed by atoms with van der Waals surface area (Å²) in [4.78, 5) is 0. The van der Waals surface area contributed by atoms with Crippen molar-refractivity contribution in [3.63, 3.8) is 0 Å². The predicted molar refractivity (Wildman–Crippen MR) is 82.1 cm³/mol. The molecular formula is C15H14N4OS. The molecular weight excluding hydrogens is 284 g/mol. The van der Waals surface area contributed by atoms with Crippen LogP contribution in [0.4, 0.5) is 0 Å². The molecule has 2 aromatic heterocycles. The molecule has 1 aromatic carbocycles. The van der Waals surface area contributed by atoms with E-state index in [0.29, 0.717) is 17.5 Å². The third kappa shape index (κ3) is 2.85. The second-order valence-corrected chi connectivity index (χ2v) is 5.05. The number of para-hydroxylation sites is 1. The second-order valence-electron chi connectivity index (χ2n) is 4.66. The molecule has 3 rings (SSSR count). The van der Waals surface area contributed by atoms with E-state index in [1.54, 1.807) is 10.8 Å². The lowest BCUT2D eigenvalue weighted by atomic mass is 10.1. The van der Waals surface area contributed by atoms with Crippen molar-refractivity contribution in [2.45, 2.75) is 12.8 Å². The number of rotatable bonds is 4. The zero-order valence-corrected chi connectivity index (χ0v) is 12.0. The van der Waals surface area contributed by atoms with E-state index < -0.39 is 0 Å². The van der Waals surface area contributed by atoms with Gasteiger partial charge in [-0.15, -0.1) is 0 Å². The molecule has 0 saturated heterocycles. The van der Waals surface area contributed by atoms with Gasteiger partial charge in [0, 0.05) is 11.9 Å². The molecule has 0 atom stereocenters. The van der Waals surface area contributed by atoms with Crippen LogP contribution in [0.15, 0.2) is 48.8 Å². The van der Waals surface area contributed by atoms with Crippen molar-refractivity contribution in [3.8, 4) is 11.4 Å². The summed E-state index contributed by atoms with van der Waals surface area (Å²) in [6, 6.07) is 11.6. The normalized spacial score (nSPS) is 10.7. The van der Waals surface area contributed by atoms with Crippen LogP contribution >= 0.6 is 12.2 Å². The van der Waals surface area contributed by atoms with Gasteiger partial charge in [-0.25, -0.2) is 0 Å². The average Bonchev–Trinajstić information content (AvgIpc) is 3.03. The van der Waals surface area contributed by atoms with E-state index >= 15 is 0 Å². The first-order valence-electron chi connectivity index (χ1n) is 6.59. The minimum Gasteiger partial charge on any atom is -0.505 e. The molecule has 0 unspecified atom stereocenters. The molecule has 0 aliphatic carbocycles. The summed E-state index contributed by atoms with van der Waals surface area (Å²) >= 11 is 5.36. The van der Waals surface area contributed by atoms with Gasteiger partial charge in [0.1, 0.15) is 0 Å². The fourth-order valence-corrected chi connectivity index (χ4v) is 2.46. The maximum atomic E-state index is 10.3. The van der Waals surface area contributed by atoms with Crippen molar-refractivity contribution in [2.75, 3.05) is 0 Å². The van der Waals surface area contributed by atoms with Gasteiger partial charge >= 0.3 is 0 Å². The third-order valence-corrected chi connectivity index (χ3v) is 3.69. The Morgan fingerprint density at radius 3 is 2.67 bits per heavy atom. The predicted octanol–water partition coefficient (Wildman–Crippen LogP) is 2.82. The summed E-state index contributed by atoms with van der Waals surface area (Å²) < 4.78 is 2.21. The van der Waals surface area contributed by atoms with E-state index in [4.69, 9.17) is 12.2 Å². The van der Waals surface area contributed by atoms with Crippen molar-refractivity contribution >= 4 is 12.2 Å². The molecule has 3 aromatic rings. The first-order valence-corrected chi connectivity index (χ1v) is 7.00. The van der Waals surface area contributed by atoms with Crippen LogP contribution in [0.1, 0.15) is 11.3 Å². The van der Waals surface area contributed by atoms with Crippen LogP contribution in [0.5, 0.6) is 5.75 Å². The van der Waals surface area contributed by atoms with Gasteiger partial charge in [-0.3, -0.25) is 0 Å². The third-order valence-electron chi connectivity index (χ3n) is 3.30. The number of H-pyrrole nitrogens is 1. The lowest BCUT2D eigenvalue weighted by molar-refractivity contribution is 0.460. The SMILES string of the molecule is Oc1c(CCc2cn[nH]n2)ccn(-c2ccccc2)c1=S. The molecule has 106 valence electrons. The Kier molecular flexibility index (Phi) is 3.79. The van der Waals surface area contributed by atoms with Crippen molar-refractivity contribution in [3.05, 3.63) is 64.7 Å². The Balaban J connectivity index is 1.88. The highest BCUT2D eigenvalue weighted by atomic mass is 32.1. The Bertz CT molecular complexity index is 781. The standard InChI is InChI=1S/C15H14N4OS/c20-14-11(6-7-12-10-16-18-17-12)8-9-19(15(14)21)13-4-2-1-3-5-13/h1-5,8-10,20H,6-7H2,(H,16,17,18). The molecule has 21 heavy (non-hydrogen) atoms. The molecule has 0 aliphatic rings. The van der Waals surface area contributed by atoms with Crippen LogP contribution in [0.2, 0.25) is 0 Å². The van der Waals surface area contributed by atoms with Gasteiger partial charge < -0.3 is 9.67 Å². The van der Waals surface area contributed by atoms with Gasteiger partial charge in [-0.05, 0) is 36.6 Å². The lowest BCUT2D eigenvalue weighted by Gasteiger charge is -2.11. The molecule has 0 bridgehead atoms. The van der Waals surface area contributed by atoms with Crippen LogP contribution in [0, 0.1) is 4.64 Å². The zero-order valence-electron chi connectivity index (χ0n) is 11.2. The number of aromatic nitrogens is 4. The summed E-state index contributed by atoms with van der Waals surface area (Å²) in [5.41, 5.74) is 2.61. The molecule has 6 heteroatoms. The Labute approximate surface area is 126 Å². The van der Waals surface area contributed by atoms with Crippen molar-refractivity contribution in [2.24, 2.45) is 0 Å². The monoisotopic (exact) mass is 298 g/mol. The topological polar surface area (TPSA) is 66.7 Å². The highest BCUT2D eigenvalue weighted by molar-refractivity contribution is 7.71. The molecule has 0 amide bonds. The number of nitrogens with zero attached hydrogens (tertiary/aromatic N) is 3. The van der Waals surface area contributed by atoms with Gasteiger partial charge in [0.05, 0.1) is 11.9 Å². The molecule has 0 spiro atoms. The summed E-state index contributed by atoms with van der Waals surface area (Å²) in [6.07, 6.45) is 4.93. The van der Waals surface area contributed by atoms with E-state index in [-0.39, 0.29) is 5.75 Å². The molecule has 5 nitrogen and oxygen atoms in total. The van der Waals surface area contributed by atoms with Gasteiger partial charge in [-0.1, -0.05) is 30.4 Å². The van der Waals surface area contributed by atoms with Crippen LogP contribution in [0.3, 0.4) is 0 Å². The molecule has 0 aliphatic heterocycles. The minimum atomic E-state index is 0.153. The number of aromatic amines is 1. The fraction of sp³-hybridized carbons (Fsp3) is 0.133. The Morgan fingerprint density at radius 2 is 1.95 bits per heavy atom. The van der Waals surface area contributed by atoms with Crippen LogP contribution < -0.4 is 0 Å². The number of benzene rings is 1. The maximum absolute atomic E-state index is 10.3. The van der Waals surface area contributed by atoms with Gasteiger partial charge in [-0.2, -0.15) is 15.4 Å². The number of hydrogen-bond donors (Lipinski definition) is 2.